The Morgan fingerprint density at radius 3 is 2.80 bits per heavy atom. The van der Waals surface area contributed by atoms with Crippen molar-refractivity contribution in [3.05, 3.63) is 38.8 Å². The quantitative estimate of drug-likeness (QED) is 0.866. The molecule has 0 saturated carbocycles. The van der Waals surface area contributed by atoms with Crippen molar-refractivity contribution in [1.82, 2.24) is 4.98 Å². The Kier molecular flexibility index (Phi) is 2.48. The van der Waals surface area contributed by atoms with E-state index in [9.17, 15) is 9.18 Å². The van der Waals surface area contributed by atoms with Crippen LogP contribution >= 0.6 is 15.9 Å². The number of benzene rings is 1. The summed E-state index contributed by atoms with van der Waals surface area (Å²) in [5.41, 5.74) is 0.0771. The highest BCUT2D eigenvalue weighted by Gasteiger charge is 2.06. The van der Waals surface area contributed by atoms with E-state index in [2.05, 4.69) is 20.9 Å². The Morgan fingerprint density at radius 2 is 2.13 bits per heavy atom. The van der Waals surface area contributed by atoms with Gasteiger partial charge in [0.2, 0.25) is 0 Å². The molecule has 1 heterocycles. The number of aromatic amines is 1. The number of methoxy groups -OCH3 is 1. The molecule has 0 amide bonds. The molecule has 0 bridgehead atoms. The monoisotopic (exact) mass is 271 g/mol. The number of nitrogens with one attached hydrogen (secondary N) is 1. The Morgan fingerprint density at radius 1 is 1.40 bits per heavy atom. The fourth-order valence-electron chi connectivity index (χ4n) is 1.33. The molecular weight excluding hydrogens is 265 g/mol. The zero-order valence-electron chi connectivity index (χ0n) is 7.80. The van der Waals surface area contributed by atoms with E-state index in [1.807, 2.05) is 0 Å². The van der Waals surface area contributed by atoms with Crippen LogP contribution in [0.3, 0.4) is 0 Å². The van der Waals surface area contributed by atoms with Crippen LogP contribution in [-0.4, -0.2) is 12.1 Å². The Bertz CT molecular complexity index is 579. The SMILES string of the molecule is COc1cc2cc(Br)c(F)cc2[nH]c1=O. The topological polar surface area (TPSA) is 42.1 Å². The number of fused-ring (bicyclic) bond motifs is 1. The summed E-state index contributed by atoms with van der Waals surface area (Å²) in [6.07, 6.45) is 0. The average Bonchev–Trinajstić information content (AvgIpc) is 2.20. The average molecular weight is 272 g/mol. The molecule has 0 aliphatic rings. The molecular formula is C10H7BrFNO2. The first-order chi connectivity index (χ1) is 7.11. The lowest BCUT2D eigenvalue weighted by Crippen LogP contribution is -2.08. The number of aromatic nitrogens is 1. The molecule has 0 atom stereocenters. The number of pyridine rings is 1. The van der Waals surface area contributed by atoms with Crippen molar-refractivity contribution in [2.75, 3.05) is 7.11 Å². The zero-order valence-corrected chi connectivity index (χ0v) is 9.39. The van der Waals surface area contributed by atoms with Crippen molar-refractivity contribution in [3.8, 4) is 5.75 Å². The summed E-state index contributed by atoms with van der Waals surface area (Å²) in [6.45, 7) is 0. The molecule has 1 aromatic carbocycles. The maximum atomic E-state index is 13.2. The van der Waals surface area contributed by atoms with Gasteiger partial charge in [-0.2, -0.15) is 0 Å². The lowest BCUT2D eigenvalue weighted by atomic mass is 10.2. The first-order valence-electron chi connectivity index (χ1n) is 4.18. The second-order valence-electron chi connectivity index (χ2n) is 3.02. The van der Waals surface area contributed by atoms with Crippen LogP contribution in [0.2, 0.25) is 0 Å². The second-order valence-corrected chi connectivity index (χ2v) is 3.87. The molecule has 2 rings (SSSR count). The summed E-state index contributed by atoms with van der Waals surface area (Å²) in [6, 6.07) is 4.42. The van der Waals surface area contributed by atoms with Crippen LogP contribution in [0.1, 0.15) is 0 Å². The molecule has 78 valence electrons. The van der Waals surface area contributed by atoms with E-state index in [0.717, 1.165) is 0 Å². The standard InChI is InChI=1S/C10H7BrFNO2/c1-15-9-3-5-2-6(11)7(12)4-8(5)13-10(9)14/h2-4H,1H3,(H,13,14). The molecule has 0 spiro atoms. The first-order valence-corrected chi connectivity index (χ1v) is 4.97. The summed E-state index contributed by atoms with van der Waals surface area (Å²) in [5.74, 6) is -0.204. The molecule has 0 aliphatic carbocycles. The van der Waals surface area contributed by atoms with Crippen LogP contribution in [-0.2, 0) is 0 Å². The molecule has 0 fully saturated rings. The number of H-pyrrole nitrogens is 1. The predicted octanol–water partition coefficient (Wildman–Crippen LogP) is 2.44. The van der Waals surface area contributed by atoms with E-state index >= 15 is 0 Å². The van der Waals surface area contributed by atoms with Gasteiger partial charge < -0.3 is 9.72 Å². The maximum Gasteiger partial charge on any atom is 0.290 e. The van der Waals surface area contributed by atoms with E-state index < -0.39 is 5.82 Å². The fraction of sp³-hybridized carbons (Fsp3) is 0.100. The Labute approximate surface area is 93.0 Å². The van der Waals surface area contributed by atoms with Crippen molar-refractivity contribution in [2.24, 2.45) is 0 Å². The number of rotatable bonds is 1. The van der Waals surface area contributed by atoms with Gasteiger partial charge in [0.1, 0.15) is 5.82 Å². The molecule has 0 unspecified atom stereocenters. The molecule has 0 aliphatic heterocycles. The summed E-state index contributed by atoms with van der Waals surface area (Å²) in [4.78, 5) is 13.9. The van der Waals surface area contributed by atoms with Gasteiger partial charge in [0.25, 0.3) is 5.56 Å². The molecule has 0 saturated heterocycles. The second kappa shape index (κ2) is 3.66. The Balaban J connectivity index is 2.82. The van der Waals surface area contributed by atoms with E-state index in [0.29, 0.717) is 15.4 Å². The molecule has 3 nitrogen and oxygen atoms in total. The van der Waals surface area contributed by atoms with Crippen LogP contribution in [0.4, 0.5) is 4.39 Å². The minimum atomic E-state index is -0.414. The highest BCUT2D eigenvalue weighted by Crippen LogP contribution is 2.22. The number of ether oxygens (including phenoxy) is 1. The molecule has 0 radical (unpaired) electrons. The summed E-state index contributed by atoms with van der Waals surface area (Å²) < 4.78 is 18.4. The molecule has 1 N–H and O–H groups in total. The first kappa shape index (κ1) is 10.2. The van der Waals surface area contributed by atoms with E-state index in [1.54, 1.807) is 12.1 Å². The Hall–Kier alpha value is -1.36. The number of hydrogen-bond acceptors (Lipinski definition) is 2. The van der Waals surface area contributed by atoms with Gasteiger partial charge in [-0.05, 0) is 34.1 Å². The third kappa shape index (κ3) is 1.74. The van der Waals surface area contributed by atoms with Crippen LogP contribution in [0.25, 0.3) is 10.9 Å². The largest absolute Gasteiger partial charge is 0.491 e. The number of hydrogen-bond donors (Lipinski definition) is 1. The van der Waals surface area contributed by atoms with Crippen molar-refractivity contribution >= 4 is 26.8 Å². The number of halogens is 2. The highest BCUT2D eigenvalue weighted by atomic mass is 79.9. The van der Waals surface area contributed by atoms with Crippen molar-refractivity contribution < 1.29 is 9.13 Å². The van der Waals surface area contributed by atoms with Crippen molar-refractivity contribution in [1.29, 1.82) is 0 Å². The van der Waals surface area contributed by atoms with Crippen LogP contribution in [0, 0.1) is 5.82 Å². The molecule has 1 aromatic heterocycles. The summed E-state index contributed by atoms with van der Waals surface area (Å²) in [7, 11) is 1.41. The van der Waals surface area contributed by atoms with Gasteiger partial charge in [-0.1, -0.05) is 0 Å². The zero-order chi connectivity index (χ0) is 11.0. The minimum absolute atomic E-state index is 0.209. The lowest BCUT2D eigenvalue weighted by Gasteiger charge is -2.03. The van der Waals surface area contributed by atoms with Gasteiger partial charge in [0.15, 0.2) is 5.75 Å². The van der Waals surface area contributed by atoms with Crippen molar-refractivity contribution in [3.63, 3.8) is 0 Å². The lowest BCUT2D eigenvalue weighted by molar-refractivity contribution is 0.409. The van der Waals surface area contributed by atoms with Crippen LogP contribution in [0.15, 0.2) is 27.5 Å². The van der Waals surface area contributed by atoms with Crippen molar-refractivity contribution in [2.45, 2.75) is 0 Å². The van der Waals surface area contributed by atoms with Gasteiger partial charge in [-0.3, -0.25) is 4.79 Å². The fourth-order valence-corrected chi connectivity index (χ4v) is 1.69. The third-order valence-corrected chi connectivity index (χ3v) is 2.68. The molecule has 2 aromatic rings. The van der Waals surface area contributed by atoms with E-state index in [4.69, 9.17) is 4.74 Å². The summed E-state index contributed by atoms with van der Waals surface area (Å²) in [5, 5.41) is 0.708. The highest BCUT2D eigenvalue weighted by molar-refractivity contribution is 9.10. The molecule has 15 heavy (non-hydrogen) atoms. The summed E-state index contributed by atoms with van der Waals surface area (Å²) >= 11 is 3.07. The third-order valence-electron chi connectivity index (χ3n) is 2.07. The minimum Gasteiger partial charge on any atom is -0.491 e. The normalized spacial score (nSPS) is 10.6. The van der Waals surface area contributed by atoms with Gasteiger partial charge in [-0.15, -0.1) is 0 Å². The van der Waals surface area contributed by atoms with Crippen LogP contribution < -0.4 is 10.3 Å². The molecule has 5 heteroatoms. The van der Waals surface area contributed by atoms with Gasteiger partial charge >= 0.3 is 0 Å². The van der Waals surface area contributed by atoms with Gasteiger partial charge in [0, 0.05) is 5.39 Å². The van der Waals surface area contributed by atoms with E-state index in [-0.39, 0.29) is 11.3 Å². The van der Waals surface area contributed by atoms with Crippen LogP contribution in [0.5, 0.6) is 5.75 Å². The van der Waals surface area contributed by atoms with Gasteiger partial charge in [-0.25, -0.2) is 4.39 Å². The maximum absolute atomic E-state index is 13.2. The van der Waals surface area contributed by atoms with Gasteiger partial charge in [0.05, 0.1) is 17.1 Å². The predicted molar refractivity (Wildman–Crippen MR) is 58.8 cm³/mol. The van der Waals surface area contributed by atoms with E-state index in [1.165, 1.54) is 13.2 Å². The smallest absolute Gasteiger partial charge is 0.290 e.